The van der Waals surface area contributed by atoms with E-state index in [4.69, 9.17) is 24.3 Å². The smallest absolute Gasteiger partial charge is 0.459 e. The van der Waals surface area contributed by atoms with Gasteiger partial charge in [-0.1, -0.05) is 18.2 Å². The van der Waals surface area contributed by atoms with Gasteiger partial charge in [0.25, 0.3) is 0 Å². The lowest BCUT2D eigenvalue weighted by Crippen LogP contribution is -2.42. The van der Waals surface area contributed by atoms with Gasteiger partial charge in [0.15, 0.2) is 6.10 Å². The molecule has 2 aliphatic rings. The number of cyclic esters (lactones) is 1. The van der Waals surface area contributed by atoms with Gasteiger partial charge in [0, 0.05) is 12.6 Å². The highest BCUT2D eigenvalue weighted by Crippen LogP contribution is 2.48. The number of alkyl halides is 2. The van der Waals surface area contributed by atoms with Crippen molar-refractivity contribution in [3.05, 3.63) is 53.1 Å². The van der Waals surface area contributed by atoms with Crippen LogP contribution in [-0.4, -0.2) is 58.0 Å². The van der Waals surface area contributed by atoms with Crippen molar-refractivity contribution < 1.29 is 41.8 Å². The molecule has 0 amide bonds. The number of anilines is 1. The number of aliphatic hydroxyl groups is 1. The van der Waals surface area contributed by atoms with Gasteiger partial charge in [-0.15, -0.1) is 0 Å². The minimum Gasteiger partial charge on any atom is -0.464 e. The van der Waals surface area contributed by atoms with E-state index in [1.807, 2.05) is 0 Å². The van der Waals surface area contributed by atoms with Gasteiger partial charge in [-0.25, -0.2) is 9.36 Å². The van der Waals surface area contributed by atoms with Crippen LogP contribution in [0.2, 0.25) is 0 Å². The summed E-state index contributed by atoms with van der Waals surface area (Å²) in [5, 5.41) is 12.6. The third-order valence-corrected chi connectivity index (χ3v) is 6.68. The molecule has 1 aromatic heterocycles. The van der Waals surface area contributed by atoms with Crippen LogP contribution in [-0.2, 0) is 23.4 Å². The second-order valence-electron chi connectivity index (χ2n) is 7.52. The van der Waals surface area contributed by atoms with E-state index in [0.717, 1.165) is 12.3 Å². The molecule has 5 atom stereocenters. The maximum absolute atomic E-state index is 14.7. The van der Waals surface area contributed by atoms with Crippen LogP contribution in [0.15, 0.2) is 47.4 Å². The third-order valence-electron chi connectivity index (χ3n) is 5.11. The fourth-order valence-electron chi connectivity index (χ4n) is 3.40. The topological polar surface area (TPSA) is 164 Å². The molecule has 0 saturated carbocycles. The van der Waals surface area contributed by atoms with E-state index in [-0.39, 0.29) is 24.6 Å². The summed E-state index contributed by atoms with van der Waals surface area (Å²) in [6, 6.07) is 7.90. The summed E-state index contributed by atoms with van der Waals surface area (Å²) in [4.78, 5) is 27.2. The molecule has 15 heteroatoms. The number of ether oxygens (including phenoxy) is 2. The average molecular weight is 502 g/mol. The van der Waals surface area contributed by atoms with E-state index in [1.165, 1.54) is 12.1 Å². The molecule has 4 N–H and O–H groups in total. The molecule has 0 bridgehead atoms. The number of nitrogens with one attached hydrogen (secondary N) is 1. The molecule has 34 heavy (non-hydrogen) atoms. The maximum atomic E-state index is 14.7. The van der Waals surface area contributed by atoms with E-state index in [0.29, 0.717) is 4.57 Å². The first-order valence-electron chi connectivity index (χ1n) is 10.1. The lowest BCUT2D eigenvalue weighted by Gasteiger charge is -2.23. The van der Waals surface area contributed by atoms with Crippen molar-refractivity contribution in [3.63, 3.8) is 0 Å². The Labute approximate surface area is 191 Å². The summed E-state index contributed by atoms with van der Waals surface area (Å²) in [6.45, 7) is -0.742. The number of aliphatic hydroxyl groups excluding tert-OH is 1. The first-order chi connectivity index (χ1) is 16.1. The first kappa shape index (κ1) is 24.2. The van der Waals surface area contributed by atoms with Crippen LogP contribution < -0.4 is 21.0 Å². The fourth-order valence-corrected chi connectivity index (χ4v) is 4.93. The molecule has 0 radical (unpaired) electrons. The maximum Gasteiger partial charge on any atom is 0.459 e. The number of para-hydroxylation sites is 1. The Bertz CT molecular complexity index is 1150. The summed E-state index contributed by atoms with van der Waals surface area (Å²) in [5.74, 6) is -4.68. The van der Waals surface area contributed by atoms with Crippen LogP contribution in [0, 0.1) is 0 Å². The van der Waals surface area contributed by atoms with Gasteiger partial charge in [0.1, 0.15) is 23.7 Å². The molecule has 2 fully saturated rings. The second kappa shape index (κ2) is 9.39. The molecule has 2 aromatic rings. The van der Waals surface area contributed by atoms with Gasteiger partial charge < -0.3 is 24.8 Å². The van der Waals surface area contributed by atoms with E-state index in [1.54, 1.807) is 18.2 Å². The Morgan fingerprint density at radius 2 is 2.03 bits per heavy atom. The monoisotopic (exact) mass is 502 g/mol. The van der Waals surface area contributed by atoms with Crippen LogP contribution in [0.25, 0.3) is 0 Å². The number of aromatic nitrogens is 2. The van der Waals surface area contributed by atoms with Crippen molar-refractivity contribution in [3.8, 4) is 5.75 Å². The van der Waals surface area contributed by atoms with Crippen molar-refractivity contribution in [2.45, 2.75) is 36.8 Å². The summed E-state index contributed by atoms with van der Waals surface area (Å²) in [7, 11) is -4.34. The Kier molecular flexibility index (Phi) is 6.69. The van der Waals surface area contributed by atoms with Gasteiger partial charge in [-0.2, -0.15) is 18.9 Å². The normalized spacial score (nSPS) is 27.8. The molecule has 1 aromatic carbocycles. The van der Waals surface area contributed by atoms with Crippen LogP contribution in [0.4, 0.5) is 14.6 Å². The minimum absolute atomic E-state index is 0.0879. The molecular formula is C19H21F2N4O8P. The zero-order valence-corrected chi connectivity index (χ0v) is 18.3. The lowest BCUT2D eigenvalue weighted by molar-refractivity contribution is -0.141. The summed E-state index contributed by atoms with van der Waals surface area (Å²) in [6.07, 6.45) is -5.22. The number of esters is 1. The largest absolute Gasteiger partial charge is 0.464 e. The van der Waals surface area contributed by atoms with E-state index in [2.05, 4.69) is 10.1 Å². The van der Waals surface area contributed by atoms with Gasteiger partial charge in [0.05, 0.1) is 13.2 Å². The number of hydrogen-bond donors (Lipinski definition) is 3. The Morgan fingerprint density at radius 1 is 1.29 bits per heavy atom. The van der Waals surface area contributed by atoms with Crippen molar-refractivity contribution in [1.29, 1.82) is 0 Å². The Hall–Kier alpha value is -2.90. The number of nitrogens with two attached hydrogens (primary N) is 1. The van der Waals surface area contributed by atoms with Gasteiger partial charge in [-0.3, -0.25) is 13.9 Å². The van der Waals surface area contributed by atoms with Crippen LogP contribution in [0.3, 0.4) is 0 Å². The van der Waals surface area contributed by atoms with Gasteiger partial charge in [0.2, 0.25) is 6.23 Å². The summed E-state index contributed by atoms with van der Waals surface area (Å²) >= 11 is 0. The van der Waals surface area contributed by atoms with Gasteiger partial charge in [-0.05, 0) is 18.2 Å². The molecule has 0 spiro atoms. The highest BCUT2D eigenvalue weighted by Gasteiger charge is 2.60. The molecule has 1 unspecified atom stereocenters. The van der Waals surface area contributed by atoms with Crippen molar-refractivity contribution in [2.75, 3.05) is 18.9 Å². The molecule has 2 aliphatic heterocycles. The number of nitrogens with zero attached hydrogens (tertiary/aromatic N) is 2. The molecule has 4 rings (SSSR count). The predicted molar refractivity (Wildman–Crippen MR) is 111 cm³/mol. The molecule has 2 saturated heterocycles. The molecule has 12 nitrogen and oxygen atoms in total. The zero-order chi connectivity index (χ0) is 24.5. The zero-order valence-electron chi connectivity index (χ0n) is 17.5. The SMILES string of the molecule is Nc1ccn([C@@H]2O[C@H](CO[P@@](=O)(NC3CCOC3=O)Oc3ccccc3)[C@@H](O)C2(F)F)c(=O)n1. The van der Waals surface area contributed by atoms with Crippen LogP contribution in [0.1, 0.15) is 12.6 Å². The number of benzene rings is 1. The predicted octanol–water partition coefficient (Wildman–Crippen LogP) is 0.828. The van der Waals surface area contributed by atoms with E-state index in [9.17, 15) is 28.0 Å². The molecule has 3 heterocycles. The summed E-state index contributed by atoms with van der Waals surface area (Å²) < 4.78 is 64.1. The number of nitrogen functional groups attached to an aromatic ring is 1. The van der Waals surface area contributed by atoms with Crippen LogP contribution in [0.5, 0.6) is 5.75 Å². The molecular weight excluding hydrogens is 481 g/mol. The van der Waals surface area contributed by atoms with Gasteiger partial charge >= 0.3 is 25.3 Å². The first-order valence-corrected chi connectivity index (χ1v) is 11.6. The average Bonchev–Trinajstić information content (AvgIpc) is 3.28. The quantitative estimate of drug-likeness (QED) is 0.346. The van der Waals surface area contributed by atoms with Crippen molar-refractivity contribution in [1.82, 2.24) is 14.6 Å². The Balaban J connectivity index is 1.52. The Morgan fingerprint density at radius 3 is 2.68 bits per heavy atom. The highest BCUT2D eigenvalue weighted by molar-refractivity contribution is 7.52. The summed E-state index contributed by atoms with van der Waals surface area (Å²) in [5.41, 5.74) is 4.26. The minimum atomic E-state index is -4.34. The standard InChI is InChI=1S/C19H21F2N4O8P/c20-19(21)15(26)13(32-17(19)25-8-6-14(22)23-18(25)28)10-31-34(29,24-12-7-9-30-16(12)27)33-11-4-2-1-3-5-11/h1-6,8,12-13,15,17,26H,7,9-10H2,(H,24,29)(H2,22,23,28)/t12?,13-,15-,17-,34+/m1/s1. The van der Waals surface area contributed by atoms with E-state index < -0.39 is 56.4 Å². The number of hydrogen-bond acceptors (Lipinski definition) is 10. The fraction of sp³-hybridized carbons (Fsp3) is 0.421. The number of rotatable bonds is 8. The third kappa shape index (κ3) is 4.95. The number of carbonyl (C=O) groups excluding carboxylic acids is 1. The van der Waals surface area contributed by atoms with Crippen molar-refractivity contribution in [2.24, 2.45) is 0 Å². The molecule has 184 valence electrons. The van der Waals surface area contributed by atoms with Crippen molar-refractivity contribution >= 4 is 19.5 Å². The number of halogens is 2. The number of carbonyl (C=O) groups is 1. The van der Waals surface area contributed by atoms with Crippen LogP contribution >= 0.6 is 7.75 Å². The highest BCUT2D eigenvalue weighted by atomic mass is 31.2. The lowest BCUT2D eigenvalue weighted by atomic mass is 10.1. The van der Waals surface area contributed by atoms with E-state index >= 15 is 0 Å². The molecule has 0 aliphatic carbocycles. The second-order valence-corrected chi connectivity index (χ2v) is 9.22.